The number of aromatic nitrogens is 2. The van der Waals surface area contributed by atoms with Crippen molar-refractivity contribution in [1.82, 2.24) is 14.9 Å². The van der Waals surface area contributed by atoms with E-state index in [-0.39, 0.29) is 24.4 Å². The van der Waals surface area contributed by atoms with Gasteiger partial charge in [-0.15, -0.1) is 11.3 Å². The predicted molar refractivity (Wildman–Crippen MR) is 95.0 cm³/mol. The van der Waals surface area contributed by atoms with Gasteiger partial charge in [0, 0.05) is 30.8 Å². The Morgan fingerprint density at radius 1 is 1.40 bits per heavy atom. The Balaban J connectivity index is 1.70. The summed E-state index contributed by atoms with van der Waals surface area (Å²) in [5.41, 5.74) is -0.0945. The number of hydrogen-bond donors (Lipinski definition) is 2. The minimum atomic E-state index is -0.873. The smallest absolute Gasteiger partial charge is 0.311 e. The molecule has 1 aliphatic rings. The highest BCUT2D eigenvalue weighted by molar-refractivity contribution is 7.18. The molecule has 134 valence electrons. The Morgan fingerprint density at radius 3 is 2.76 bits per heavy atom. The second-order valence-corrected chi connectivity index (χ2v) is 8.11. The van der Waals surface area contributed by atoms with Gasteiger partial charge in [-0.1, -0.05) is 0 Å². The first-order valence-corrected chi connectivity index (χ1v) is 9.03. The summed E-state index contributed by atoms with van der Waals surface area (Å²) in [4.78, 5) is 46.4. The fraction of sp³-hybridized carbons (Fsp3) is 0.529. The van der Waals surface area contributed by atoms with Crippen molar-refractivity contribution in [3.05, 3.63) is 26.6 Å². The molecule has 2 aromatic heterocycles. The number of carboxylic acids is 1. The molecule has 1 fully saturated rings. The highest BCUT2D eigenvalue weighted by Gasteiger charge is 2.41. The number of likely N-dealkylation sites (tertiary alicyclic amines) is 1. The van der Waals surface area contributed by atoms with Crippen LogP contribution in [0.4, 0.5) is 0 Å². The van der Waals surface area contributed by atoms with Crippen LogP contribution < -0.4 is 5.56 Å². The maximum absolute atomic E-state index is 12.4. The van der Waals surface area contributed by atoms with Crippen molar-refractivity contribution in [3.63, 3.8) is 0 Å². The van der Waals surface area contributed by atoms with Gasteiger partial charge in [0.2, 0.25) is 5.91 Å². The van der Waals surface area contributed by atoms with Crippen molar-refractivity contribution in [3.8, 4) is 0 Å². The van der Waals surface area contributed by atoms with E-state index in [0.717, 1.165) is 10.4 Å². The van der Waals surface area contributed by atoms with Crippen molar-refractivity contribution in [2.24, 2.45) is 5.41 Å². The maximum Gasteiger partial charge on any atom is 0.311 e. The molecule has 2 N–H and O–H groups in total. The first-order valence-electron chi connectivity index (χ1n) is 8.21. The molecule has 1 amide bonds. The Labute approximate surface area is 148 Å². The van der Waals surface area contributed by atoms with Crippen LogP contribution in [0, 0.1) is 19.3 Å². The Morgan fingerprint density at radius 2 is 2.12 bits per heavy atom. The van der Waals surface area contributed by atoms with Crippen LogP contribution in [-0.2, 0) is 16.0 Å². The summed E-state index contributed by atoms with van der Waals surface area (Å²) in [6.07, 6.45) is 0.997. The first-order chi connectivity index (χ1) is 11.7. The van der Waals surface area contributed by atoms with Gasteiger partial charge in [0.1, 0.15) is 10.7 Å². The van der Waals surface area contributed by atoms with Gasteiger partial charge in [0.15, 0.2) is 0 Å². The lowest BCUT2D eigenvalue weighted by atomic mass is 9.90. The Hall–Kier alpha value is -2.22. The molecule has 1 unspecified atom stereocenters. The lowest BCUT2D eigenvalue weighted by molar-refractivity contribution is -0.147. The SMILES string of the molecule is Cc1sc2nc(CCC(=O)N3CCC(C)(C(=O)O)C3)[nH]c(=O)c2c1C. The molecular formula is C17H21N3O4S. The molecule has 0 radical (unpaired) electrons. The summed E-state index contributed by atoms with van der Waals surface area (Å²) in [5, 5.41) is 9.87. The number of carbonyl (C=O) groups excluding carboxylic acids is 1. The van der Waals surface area contributed by atoms with Crippen LogP contribution >= 0.6 is 11.3 Å². The summed E-state index contributed by atoms with van der Waals surface area (Å²) in [6, 6.07) is 0. The fourth-order valence-corrected chi connectivity index (χ4v) is 4.20. The van der Waals surface area contributed by atoms with Gasteiger partial charge < -0.3 is 15.0 Å². The van der Waals surface area contributed by atoms with Crippen LogP contribution in [0.3, 0.4) is 0 Å². The number of nitrogens with zero attached hydrogens (tertiary/aromatic N) is 2. The van der Waals surface area contributed by atoms with E-state index in [1.807, 2.05) is 13.8 Å². The van der Waals surface area contributed by atoms with E-state index < -0.39 is 11.4 Å². The topological polar surface area (TPSA) is 103 Å². The molecule has 2 aromatic rings. The second kappa shape index (κ2) is 6.25. The number of carboxylic acid groups (broad SMARTS) is 1. The summed E-state index contributed by atoms with van der Waals surface area (Å²) < 4.78 is 0. The zero-order valence-electron chi connectivity index (χ0n) is 14.5. The van der Waals surface area contributed by atoms with E-state index in [1.165, 1.54) is 11.3 Å². The van der Waals surface area contributed by atoms with Crippen LogP contribution in [-0.4, -0.2) is 44.9 Å². The van der Waals surface area contributed by atoms with Crippen molar-refractivity contribution < 1.29 is 14.7 Å². The normalized spacial score (nSPS) is 20.4. The lowest BCUT2D eigenvalue weighted by Gasteiger charge is -2.20. The number of aromatic amines is 1. The molecule has 8 heteroatoms. The molecule has 0 aromatic carbocycles. The van der Waals surface area contributed by atoms with Gasteiger partial charge in [-0.3, -0.25) is 14.4 Å². The number of aliphatic carboxylic acids is 1. The van der Waals surface area contributed by atoms with E-state index >= 15 is 0 Å². The van der Waals surface area contributed by atoms with Crippen LogP contribution in [0.2, 0.25) is 0 Å². The van der Waals surface area contributed by atoms with E-state index in [0.29, 0.717) is 35.4 Å². The molecule has 3 heterocycles. The third-order valence-electron chi connectivity index (χ3n) is 5.01. The number of fused-ring (bicyclic) bond motifs is 1. The largest absolute Gasteiger partial charge is 0.481 e. The fourth-order valence-electron chi connectivity index (χ4n) is 3.15. The van der Waals surface area contributed by atoms with Crippen LogP contribution in [0.15, 0.2) is 4.79 Å². The summed E-state index contributed by atoms with van der Waals surface area (Å²) in [5.74, 6) is -0.485. The average Bonchev–Trinajstić information content (AvgIpc) is 3.07. The lowest BCUT2D eigenvalue weighted by Crippen LogP contribution is -2.35. The number of rotatable bonds is 4. The van der Waals surface area contributed by atoms with Gasteiger partial charge in [0.25, 0.3) is 5.56 Å². The number of hydrogen-bond acceptors (Lipinski definition) is 5. The van der Waals surface area contributed by atoms with Crippen molar-refractivity contribution >= 4 is 33.4 Å². The van der Waals surface area contributed by atoms with Gasteiger partial charge >= 0.3 is 5.97 Å². The van der Waals surface area contributed by atoms with Gasteiger partial charge in [-0.05, 0) is 32.8 Å². The predicted octanol–water partition coefficient (Wildman–Crippen LogP) is 1.86. The zero-order chi connectivity index (χ0) is 18.4. The van der Waals surface area contributed by atoms with Gasteiger partial charge in [-0.25, -0.2) is 4.98 Å². The molecule has 0 saturated carbocycles. The molecular weight excluding hydrogens is 342 g/mol. The standard InChI is InChI=1S/C17H21N3O4S/c1-9-10(2)25-15-13(9)14(22)18-11(19-15)4-5-12(21)20-7-6-17(3,8-20)16(23)24/h4-8H2,1-3H3,(H,23,24)(H,18,19,22). The van der Waals surface area contributed by atoms with E-state index in [2.05, 4.69) is 9.97 Å². The van der Waals surface area contributed by atoms with Crippen molar-refractivity contribution in [1.29, 1.82) is 0 Å². The van der Waals surface area contributed by atoms with Crippen LogP contribution in [0.5, 0.6) is 0 Å². The van der Waals surface area contributed by atoms with Gasteiger partial charge in [-0.2, -0.15) is 0 Å². The highest BCUT2D eigenvalue weighted by atomic mass is 32.1. The first kappa shape index (κ1) is 17.6. The number of nitrogens with one attached hydrogen (secondary N) is 1. The number of H-pyrrole nitrogens is 1. The number of amides is 1. The van der Waals surface area contributed by atoms with Crippen molar-refractivity contribution in [2.75, 3.05) is 13.1 Å². The molecule has 0 spiro atoms. The van der Waals surface area contributed by atoms with Crippen molar-refractivity contribution in [2.45, 2.75) is 40.0 Å². The number of carbonyl (C=O) groups is 2. The van der Waals surface area contributed by atoms with Gasteiger partial charge in [0.05, 0.1) is 10.8 Å². The summed E-state index contributed by atoms with van der Waals surface area (Å²) in [6.45, 7) is 6.21. The summed E-state index contributed by atoms with van der Waals surface area (Å²) >= 11 is 1.48. The molecule has 7 nitrogen and oxygen atoms in total. The highest BCUT2D eigenvalue weighted by Crippen LogP contribution is 2.30. The monoisotopic (exact) mass is 363 g/mol. The van der Waals surface area contributed by atoms with Crippen LogP contribution in [0.1, 0.15) is 36.0 Å². The summed E-state index contributed by atoms with van der Waals surface area (Å²) in [7, 11) is 0. The minimum absolute atomic E-state index is 0.105. The number of thiophene rings is 1. The Kier molecular flexibility index (Phi) is 4.40. The average molecular weight is 363 g/mol. The molecule has 25 heavy (non-hydrogen) atoms. The molecule has 0 bridgehead atoms. The zero-order valence-corrected chi connectivity index (χ0v) is 15.3. The molecule has 3 rings (SSSR count). The van der Waals surface area contributed by atoms with E-state index in [1.54, 1.807) is 11.8 Å². The van der Waals surface area contributed by atoms with E-state index in [4.69, 9.17) is 0 Å². The maximum atomic E-state index is 12.4. The third-order valence-corrected chi connectivity index (χ3v) is 6.11. The molecule has 1 aliphatic heterocycles. The molecule has 1 atom stereocenters. The van der Waals surface area contributed by atoms with Crippen LogP contribution in [0.25, 0.3) is 10.2 Å². The Bertz CT molecular complexity index is 916. The quantitative estimate of drug-likeness (QED) is 0.863. The molecule has 0 aliphatic carbocycles. The molecule has 1 saturated heterocycles. The minimum Gasteiger partial charge on any atom is -0.481 e. The second-order valence-electron chi connectivity index (χ2n) is 6.91. The van der Waals surface area contributed by atoms with E-state index in [9.17, 15) is 19.5 Å². The third kappa shape index (κ3) is 3.18. The number of aryl methyl sites for hydroxylation is 3.